The summed E-state index contributed by atoms with van der Waals surface area (Å²) in [5, 5.41) is 15.8. The van der Waals surface area contributed by atoms with Crippen LogP contribution in [0.1, 0.15) is 43.6 Å². The van der Waals surface area contributed by atoms with Crippen molar-refractivity contribution >= 4 is 23.5 Å². The first-order chi connectivity index (χ1) is 17.4. The van der Waals surface area contributed by atoms with E-state index in [1.54, 1.807) is 7.11 Å². The number of carboxylic acid groups (broad SMARTS) is 2. The van der Waals surface area contributed by atoms with E-state index in [1.165, 1.54) is 0 Å². The lowest BCUT2D eigenvalue weighted by Gasteiger charge is -2.36. The molecule has 0 spiro atoms. The molecule has 1 aromatic heterocycles. The Kier molecular flexibility index (Phi) is 10.2. The molecule has 2 aliphatic heterocycles. The molecule has 0 unspecified atom stereocenters. The van der Waals surface area contributed by atoms with Gasteiger partial charge in [-0.15, -0.1) is 0 Å². The van der Waals surface area contributed by atoms with Crippen LogP contribution in [0, 0.1) is 0 Å². The molecule has 0 bridgehead atoms. The number of hydrogen-bond acceptors (Lipinski definition) is 7. The summed E-state index contributed by atoms with van der Waals surface area (Å²) in [6.45, 7) is 6.16. The largest absolute Gasteiger partial charge is 0.495 e. The van der Waals surface area contributed by atoms with Crippen LogP contribution in [0.4, 0.5) is 5.69 Å². The molecular weight excluding hydrogens is 466 g/mol. The van der Waals surface area contributed by atoms with E-state index in [0.717, 1.165) is 75.1 Å². The molecule has 10 nitrogen and oxygen atoms in total. The molecule has 3 heterocycles. The third-order valence-electron chi connectivity index (χ3n) is 6.22. The Bertz CT molecular complexity index is 1000. The number of aliphatic carboxylic acids is 2. The zero-order valence-electron chi connectivity index (χ0n) is 20.7. The monoisotopic (exact) mass is 501 g/mol. The third-order valence-corrected chi connectivity index (χ3v) is 6.22. The number of carboxylic acids is 2. The van der Waals surface area contributed by atoms with Crippen LogP contribution in [-0.2, 0) is 27.5 Å². The maximum absolute atomic E-state index is 12.0. The van der Waals surface area contributed by atoms with Crippen LogP contribution in [0.15, 0.2) is 40.8 Å². The van der Waals surface area contributed by atoms with E-state index in [2.05, 4.69) is 28.0 Å². The number of piperidine rings is 1. The number of benzene rings is 1. The number of likely N-dealkylation sites (tertiary alicyclic amines) is 1. The van der Waals surface area contributed by atoms with Gasteiger partial charge in [0.2, 0.25) is 5.91 Å². The highest BCUT2D eigenvalue weighted by Crippen LogP contribution is 2.28. The Labute approximate surface area is 211 Å². The number of ether oxygens (including phenoxy) is 1. The molecule has 0 radical (unpaired) electrons. The summed E-state index contributed by atoms with van der Waals surface area (Å²) in [6, 6.07) is 12.3. The summed E-state index contributed by atoms with van der Waals surface area (Å²) < 4.78 is 11.5. The van der Waals surface area contributed by atoms with Gasteiger partial charge < -0.3 is 29.2 Å². The number of hydrogen-bond donors (Lipinski definition) is 2. The number of anilines is 1. The molecule has 2 aliphatic rings. The first-order valence-electron chi connectivity index (χ1n) is 12.2. The van der Waals surface area contributed by atoms with E-state index in [0.29, 0.717) is 13.0 Å². The first kappa shape index (κ1) is 27.1. The lowest BCUT2D eigenvalue weighted by atomic mass is 10.1. The normalized spacial score (nSPS) is 16.3. The van der Waals surface area contributed by atoms with Gasteiger partial charge in [0.1, 0.15) is 17.3 Å². The van der Waals surface area contributed by atoms with Crippen molar-refractivity contribution in [2.45, 2.75) is 45.2 Å². The molecule has 2 saturated heterocycles. The standard InChI is InChI=1S/C22H29N3O3.C4H6O4/c1-27-21-7-3-2-6-20(21)24-14-12-23(13-15-24)16-18-9-10-19(28-18)17-25-11-5-4-8-22(25)26;5-3(6)1-2-4(7)8/h2-3,6-7,9-10H,4-5,8,11-17H2,1H3;1-2H2,(H,5,6)(H,7,8). The van der Waals surface area contributed by atoms with Crippen molar-refractivity contribution in [3.63, 3.8) is 0 Å². The van der Waals surface area contributed by atoms with Gasteiger partial charge in [0.25, 0.3) is 0 Å². The molecule has 1 amide bonds. The van der Waals surface area contributed by atoms with Gasteiger partial charge in [0.15, 0.2) is 0 Å². The smallest absolute Gasteiger partial charge is 0.303 e. The number of carbonyl (C=O) groups is 3. The average Bonchev–Trinajstić information content (AvgIpc) is 3.31. The van der Waals surface area contributed by atoms with E-state index in [4.69, 9.17) is 19.4 Å². The number of carbonyl (C=O) groups excluding carboxylic acids is 1. The van der Waals surface area contributed by atoms with E-state index >= 15 is 0 Å². The molecule has 2 fully saturated rings. The maximum atomic E-state index is 12.0. The van der Waals surface area contributed by atoms with E-state index in [1.807, 2.05) is 23.1 Å². The van der Waals surface area contributed by atoms with Crippen LogP contribution in [0.25, 0.3) is 0 Å². The molecule has 0 aliphatic carbocycles. The summed E-state index contributed by atoms with van der Waals surface area (Å²) in [5.74, 6) is 0.887. The van der Waals surface area contributed by atoms with Crippen LogP contribution in [-0.4, -0.2) is 77.7 Å². The fourth-order valence-electron chi connectivity index (χ4n) is 4.28. The molecule has 1 aromatic carbocycles. The highest BCUT2D eigenvalue weighted by atomic mass is 16.5. The molecule has 2 N–H and O–H groups in total. The number of rotatable bonds is 9. The number of piperazine rings is 1. The molecule has 2 aromatic rings. The number of nitrogens with zero attached hydrogens (tertiary/aromatic N) is 3. The highest BCUT2D eigenvalue weighted by molar-refractivity contribution is 5.76. The van der Waals surface area contributed by atoms with Crippen molar-refractivity contribution in [2.24, 2.45) is 0 Å². The topological polar surface area (TPSA) is 124 Å². The first-order valence-corrected chi connectivity index (χ1v) is 12.2. The van der Waals surface area contributed by atoms with Gasteiger partial charge in [0.05, 0.1) is 38.7 Å². The molecular formula is C26H35N3O7. The zero-order chi connectivity index (χ0) is 25.9. The summed E-state index contributed by atoms with van der Waals surface area (Å²) in [6.07, 6.45) is 2.18. The predicted molar refractivity (Wildman–Crippen MR) is 133 cm³/mol. The Morgan fingerprint density at radius 3 is 2.14 bits per heavy atom. The minimum Gasteiger partial charge on any atom is -0.495 e. The van der Waals surface area contributed by atoms with Gasteiger partial charge in [-0.1, -0.05) is 12.1 Å². The second kappa shape index (κ2) is 13.5. The molecule has 0 saturated carbocycles. The number of para-hydroxylation sites is 2. The quantitative estimate of drug-likeness (QED) is 0.533. The second-order valence-electron chi connectivity index (χ2n) is 8.86. The van der Waals surface area contributed by atoms with Crippen LogP contribution in [0.5, 0.6) is 5.75 Å². The van der Waals surface area contributed by atoms with Crippen molar-refractivity contribution in [3.8, 4) is 5.75 Å². The molecule has 10 heteroatoms. The van der Waals surface area contributed by atoms with Gasteiger partial charge in [-0.25, -0.2) is 0 Å². The van der Waals surface area contributed by atoms with E-state index in [9.17, 15) is 14.4 Å². The summed E-state index contributed by atoms with van der Waals surface area (Å²) in [4.78, 5) is 38.0. The Morgan fingerprint density at radius 1 is 0.889 bits per heavy atom. The summed E-state index contributed by atoms with van der Waals surface area (Å²) in [7, 11) is 1.72. The summed E-state index contributed by atoms with van der Waals surface area (Å²) >= 11 is 0. The van der Waals surface area contributed by atoms with Crippen molar-refractivity contribution in [3.05, 3.63) is 47.9 Å². The van der Waals surface area contributed by atoms with Crippen LogP contribution in [0.2, 0.25) is 0 Å². The molecule has 0 atom stereocenters. The second-order valence-corrected chi connectivity index (χ2v) is 8.86. The minimum atomic E-state index is -1.08. The zero-order valence-corrected chi connectivity index (χ0v) is 20.7. The van der Waals surface area contributed by atoms with Crippen LogP contribution >= 0.6 is 0 Å². The van der Waals surface area contributed by atoms with Crippen LogP contribution in [0.3, 0.4) is 0 Å². The Morgan fingerprint density at radius 2 is 1.53 bits per heavy atom. The molecule has 4 rings (SSSR count). The van der Waals surface area contributed by atoms with Gasteiger partial charge in [0, 0.05) is 39.1 Å². The third kappa shape index (κ3) is 8.30. The lowest BCUT2D eigenvalue weighted by molar-refractivity contribution is -0.143. The minimum absolute atomic E-state index is 0.247. The van der Waals surface area contributed by atoms with Crippen LogP contribution < -0.4 is 9.64 Å². The maximum Gasteiger partial charge on any atom is 0.303 e. The van der Waals surface area contributed by atoms with Crippen molar-refractivity contribution in [2.75, 3.05) is 44.7 Å². The van der Waals surface area contributed by atoms with Crippen molar-refractivity contribution < 1.29 is 33.8 Å². The fourth-order valence-corrected chi connectivity index (χ4v) is 4.28. The molecule has 196 valence electrons. The average molecular weight is 502 g/mol. The fraction of sp³-hybridized carbons (Fsp3) is 0.500. The van der Waals surface area contributed by atoms with Gasteiger partial charge >= 0.3 is 11.9 Å². The SMILES string of the molecule is COc1ccccc1N1CCN(Cc2ccc(CN3CCCCC3=O)o2)CC1.O=C(O)CCC(=O)O. The molecule has 36 heavy (non-hydrogen) atoms. The predicted octanol–water partition coefficient (Wildman–Crippen LogP) is 3.06. The van der Waals surface area contributed by atoms with Gasteiger partial charge in [-0.2, -0.15) is 0 Å². The number of amides is 1. The Hall–Kier alpha value is -3.53. The van der Waals surface area contributed by atoms with Gasteiger partial charge in [-0.3, -0.25) is 19.3 Å². The van der Waals surface area contributed by atoms with E-state index in [-0.39, 0.29) is 18.7 Å². The van der Waals surface area contributed by atoms with Crippen molar-refractivity contribution in [1.82, 2.24) is 9.80 Å². The van der Waals surface area contributed by atoms with Gasteiger partial charge in [-0.05, 0) is 37.1 Å². The van der Waals surface area contributed by atoms with Crippen molar-refractivity contribution in [1.29, 1.82) is 0 Å². The van der Waals surface area contributed by atoms with E-state index < -0.39 is 11.9 Å². The highest BCUT2D eigenvalue weighted by Gasteiger charge is 2.22. The number of methoxy groups -OCH3 is 1. The lowest BCUT2D eigenvalue weighted by Crippen LogP contribution is -2.46. The Balaban J connectivity index is 0.000000392. The summed E-state index contributed by atoms with van der Waals surface area (Å²) in [5.41, 5.74) is 1.16. The number of furan rings is 1.